The van der Waals surface area contributed by atoms with Crippen molar-refractivity contribution in [3.8, 4) is 0 Å². The number of carbonyl (C=O) groups excluding carboxylic acids is 3. The number of fused-ring (bicyclic) bond motifs is 1. The molecule has 0 aromatic heterocycles. The Hall–Kier alpha value is -2.37. The molecule has 0 N–H and O–H groups in total. The van der Waals surface area contributed by atoms with Gasteiger partial charge in [-0.1, -0.05) is 12.1 Å². The molecule has 0 saturated carbocycles. The minimum Gasteiger partial charge on any atom is -0.343 e. The maximum absolute atomic E-state index is 12.9. The smallest absolute Gasteiger partial charge is 0.246 e. The summed E-state index contributed by atoms with van der Waals surface area (Å²) in [5.41, 5.74) is 1.55. The van der Waals surface area contributed by atoms with Gasteiger partial charge in [0.2, 0.25) is 17.7 Å². The molecule has 2 heterocycles. The van der Waals surface area contributed by atoms with Gasteiger partial charge in [0.25, 0.3) is 0 Å². The Morgan fingerprint density at radius 3 is 2.30 bits per heavy atom. The van der Waals surface area contributed by atoms with E-state index in [9.17, 15) is 14.4 Å². The van der Waals surface area contributed by atoms with E-state index in [1.807, 2.05) is 24.3 Å². The lowest BCUT2D eigenvalue weighted by Crippen LogP contribution is -2.50. The van der Waals surface area contributed by atoms with Gasteiger partial charge >= 0.3 is 0 Å². The van der Waals surface area contributed by atoms with Crippen LogP contribution in [0.4, 0.5) is 11.4 Å². The van der Waals surface area contributed by atoms with Crippen LogP contribution in [0.3, 0.4) is 0 Å². The van der Waals surface area contributed by atoms with Crippen LogP contribution in [0, 0.1) is 5.92 Å². The Balaban J connectivity index is 1.79. The van der Waals surface area contributed by atoms with Crippen molar-refractivity contribution in [2.75, 3.05) is 36.5 Å². The summed E-state index contributed by atoms with van der Waals surface area (Å²) in [7, 11) is 1.73. The molecule has 23 heavy (non-hydrogen) atoms. The van der Waals surface area contributed by atoms with Crippen LogP contribution >= 0.6 is 0 Å². The van der Waals surface area contributed by atoms with Gasteiger partial charge in [-0.05, 0) is 25.0 Å². The van der Waals surface area contributed by atoms with Crippen molar-refractivity contribution in [2.45, 2.75) is 19.8 Å². The number of nitrogens with zero attached hydrogens (tertiary/aromatic N) is 3. The standard InChI is InChI=1S/C17H21N3O3/c1-12(21)19-9-7-13(8-10-19)17(23)20-11-16(22)18(2)14-5-3-4-6-15(14)20/h3-6,13H,7-11H2,1-2H3. The van der Waals surface area contributed by atoms with E-state index in [2.05, 4.69) is 0 Å². The molecule has 0 atom stereocenters. The summed E-state index contributed by atoms with van der Waals surface area (Å²) in [4.78, 5) is 41.4. The number of anilines is 2. The van der Waals surface area contributed by atoms with Crippen molar-refractivity contribution in [2.24, 2.45) is 5.92 Å². The van der Waals surface area contributed by atoms with Gasteiger partial charge in [0.15, 0.2) is 0 Å². The Kier molecular flexibility index (Phi) is 4.07. The molecule has 0 spiro atoms. The molecule has 1 saturated heterocycles. The molecule has 1 aromatic rings. The van der Waals surface area contributed by atoms with E-state index in [0.29, 0.717) is 25.9 Å². The van der Waals surface area contributed by atoms with Crippen LogP contribution in [0.5, 0.6) is 0 Å². The Morgan fingerprint density at radius 1 is 1.09 bits per heavy atom. The molecule has 6 heteroatoms. The summed E-state index contributed by atoms with van der Waals surface area (Å²) < 4.78 is 0. The molecule has 0 radical (unpaired) electrons. The lowest BCUT2D eigenvalue weighted by molar-refractivity contribution is -0.133. The van der Waals surface area contributed by atoms with Crippen LogP contribution in [0.25, 0.3) is 0 Å². The lowest BCUT2D eigenvalue weighted by Gasteiger charge is -2.38. The minimum atomic E-state index is -0.130. The summed E-state index contributed by atoms with van der Waals surface area (Å²) in [6.07, 6.45) is 1.31. The van der Waals surface area contributed by atoms with E-state index in [1.165, 1.54) is 0 Å². The van der Waals surface area contributed by atoms with E-state index in [4.69, 9.17) is 0 Å². The van der Waals surface area contributed by atoms with Gasteiger partial charge in [-0.25, -0.2) is 0 Å². The number of likely N-dealkylation sites (N-methyl/N-ethyl adjacent to an activating group) is 1. The summed E-state index contributed by atoms with van der Waals surface area (Å²) in [6.45, 7) is 2.85. The van der Waals surface area contributed by atoms with Crippen molar-refractivity contribution in [1.82, 2.24) is 4.90 Å². The highest BCUT2D eigenvalue weighted by molar-refractivity contribution is 6.11. The second-order valence-electron chi connectivity index (χ2n) is 6.15. The fraction of sp³-hybridized carbons (Fsp3) is 0.471. The first-order valence-corrected chi connectivity index (χ1v) is 7.91. The first-order chi connectivity index (χ1) is 11.0. The number of hydrogen-bond acceptors (Lipinski definition) is 3. The van der Waals surface area contributed by atoms with Crippen molar-refractivity contribution < 1.29 is 14.4 Å². The average molecular weight is 315 g/mol. The number of piperidine rings is 1. The van der Waals surface area contributed by atoms with Crippen LogP contribution < -0.4 is 9.80 Å². The van der Waals surface area contributed by atoms with Crippen molar-refractivity contribution in [1.29, 1.82) is 0 Å². The number of rotatable bonds is 1. The third-order valence-corrected chi connectivity index (χ3v) is 4.76. The van der Waals surface area contributed by atoms with Crippen LogP contribution in [-0.2, 0) is 14.4 Å². The molecule has 1 aromatic carbocycles. The fourth-order valence-corrected chi connectivity index (χ4v) is 3.30. The number of para-hydroxylation sites is 2. The summed E-state index contributed by atoms with van der Waals surface area (Å²) >= 11 is 0. The van der Waals surface area contributed by atoms with Gasteiger partial charge in [0, 0.05) is 33.0 Å². The third-order valence-electron chi connectivity index (χ3n) is 4.76. The Labute approximate surface area is 135 Å². The van der Waals surface area contributed by atoms with E-state index >= 15 is 0 Å². The molecule has 2 aliphatic rings. The maximum atomic E-state index is 12.9. The van der Waals surface area contributed by atoms with Gasteiger partial charge in [0.1, 0.15) is 6.54 Å². The number of likely N-dealkylation sites (tertiary alicyclic amines) is 1. The molecule has 6 nitrogen and oxygen atoms in total. The quantitative estimate of drug-likeness (QED) is 0.784. The molecule has 122 valence electrons. The van der Waals surface area contributed by atoms with E-state index in [0.717, 1.165) is 11.4 Å². The zero-order valence-corrected chi connectivity index (χ0v) is 13.5. The second-order valence-corrected chi connectivity index (χ2v) is 6.15. The van der Waals surface area contributed by atoms with E-state index in [1.54, 1.807) is 28.7 Å². The molecule has 0 bridgehead atoms. The maximum Gasteiger partial charge on any atom is 0.246 e. The van der Waals surface area contributed by atoms with Gasteiger partial charge < -0.3 is 14.7 Å². The van der Waals surface area contributed by atoms with Gasteiger partial charge in [0.05, 0.1) is 11.4 Å². The number of benzene rings is 1. The highest BCUT2D eigenvalue weighted by Gasteiger charge is 2.35. The second kappa shape index (κ2) is 6.02. The van der Waals surface area contributed by atoms with Crippen LogP contribution in [0.15, 0.2) is 24.3 Å². The van der Waals surface area contributed by atoms with E-state index < -0.39 is 0 Å². The van der Waals surface area contributed by atoms with Crippen molar-refractivity contribution >= 4 is 29.1 Å². The average Bonchev–Trinajstić information content (AvgIpc) is 2.57. The van der Waals surface area contributed by atoms with Crippen LogP contribution in [0.1, 0.15) is 19.8 Å². The number of amides is 3. The molecule has 0 aliphatic carbocycles. The lowest BCUT2D eigenvalue weighted by atomic mass is 9.94. The summed E-state index contributed by atoms with van der Waals surface area (Å²) in [5, 5.41) is 0. The summed E-state index contributed by atoms with van der Waals surface area (Å²) in [6, 6.07) is 7.47. The molecule has 2 aliphatic heterocycles. The molecule has 0 unspecified atom stereocenters. The third kappa shape index (κ3) is 2.81. The van der Waals surface area contributed by atoms with Crippen molar-refractivity contribution in [3.05, 3.63) is 24.3 Å². The predicted molar refractivity (Wildman–Crippen MR) is 87.2 cm³/mol. The minimum absolute atomic E-state index is 0.0119. The Bertz CT molecular complexity index is 650. The molecule has 1 fully saturated rings. The normalized spacial score (nSPS) is 18.9. The van der Waals surface area contributed by atoms with Gasteiger partial charge in [-0.2, -0.15) is 0 Å². The zero-order chi connectivity index (χ0) is 16.6. The topological polar surface area (TPSA) is 60.9 Å². The number of hydrogen-bond donors (Lipinski definition) is 0. The highest BCUT2D eigenvalue weighted by Crippen LogP contribution is 2.34. The highest BCUT2D eigenvalue weighted by atomic mass is 16.2. The van der Waals surface area contributed by atoms with Crippen LogP contribution in [-0.4, -0.2) is 49.3 Å². The fourth-order valence-electron chi connectivity index (χ4n) is 3.30. The molecular weight excluding hydrogens is 294 g/mol. The van der Waals surface area contributed by atoms with Gasteiger partial charge in [-0.3, -0.25) is 14.4 Å². The predicted octanol–water partition coefficient (Wildman–Crippen LogP) is 1.25. The SMILES string of the molecule is CC(=O)N1CCC(C(=O)N2CC(=O)N(C)c3ccccc32)CC1. The first-order valence-electron chi connectivity index (χ1n) is 7.91. The number of carbonyl (C=O) groups is 3. The zero-order valence-electron chi connectivity index (χ0n) is 13.5. The first kappa shape index (κ1) is 15.5. The molecule has 3 amide bonds. The Morgan fingerprint density at radius 2 is 1.70 bits per heavy atom. The van der Waals surface area contributed by atoms with Crippen LogP contribution in [0.2, 0.25) is 0 Å². The van der Waals surface area contributed by atoms with Crippen molar-refractivity contribution in [3.63, 3.8) is 0 Å². The summed E-state index contributed by atoms with van der Waals surface area (Å²) in [5.74, 6) is -0.175. The largest absolute Gasteiger partial charge is 0.343 e. The van der Waals surface area contributed by atoms with E-state index in [-0.39, 0.29) is 30.2 Å². The van der Waals surface area contributed by atoms with Gasteiger partial charge in [-0.15, -0.1) is 0 Å². The monoisotopic (exact) mass is 315 g/mol. The molecular formula is C17H21N3O3. The molecule has 3 rings (SSSR count).